The Morgan fingerprint density at radius 2 is 1.60 bits per heavy atom. The number of piperidine rings is 3. The number of hydrogen-bond donors (Lipinski definition) is 2. The number of carbonyl (C=O) groups is 3. The zero-order valence-corrected chi connectivity index (χ0v) is 39.9. The quantitative estimate of drug-likeness (QED) is 0.147. The number of fused-ring (bicyclic) bond motifs is 2. The van der Waals surface area contributed by atoms with E-state index in [2.05, 4.69) is 51.9 Å². The van der Waals surface area contributed by atoms with Crippen molar-refractivity contribution in [3.05, 3.63) is 112 Å². The summed E-state index contributed by atoms with van der Waals surface area (Å²) in [6, 6.07) is 19.2. The van der Waals surface area contributed by atoms with Gasteiger partial charge in [-0.1, -0.05) is 18.2 Å². The Hall–Kier alpha value is -6.37. The van der Waals surface area contributed by atoms with Gasteiger partial charge in [0.15, 0.2) is 0 Å². The van der Waals surface area contributed by atoms with E-state index in [1.54, 1.807) is 36.3 Å². The Morgan fingerprint density at radius 3 is 2.30 bits per heavy atom. The van der Waals surface area contributed by atoms with E-state index in [-0.39, 0.29) is 56.3 Å². The molecule has 4 aliphatic rings. The van der Waals surface area contributed by atoms with Gasteiger partial charge in [0.1, 0.15) is 23.5 Å². The highest BCUT2D eigenvalue weighted by molar-refractivity contribution is 6.00. The minimum Gasteiger partial charge on any atom is -0.384 e. The van der Waals surface area contributed by atoms with E-state index in [4.69, 9.17) is 10.7 Å². The largest absolute Gasteiger partial charge is 0.405 e. The number of alkyl halides is 3. The second-order valence-electron chi connectivity index (χ2n) is 19.8. The first-order chi connectivity index (χ1) is 33.6. The van der Waals surface area contributed by atoms with Gasteiger partial charge in [0.2, 0.25) is 11.8 Å². The molecule has 368 valence electrons. The molecule has 10 rings (SSSR count). The number of pyridine rings is 2. The molecule has 18 heteroatoms. The van der Waals surface area contributed by atoms with Crippen molar-refractivity contribution in [2.75, 3.05) is 58.1 Å². The molecule has 4 aromatic heterocycles. The average molecular weight is 960 g/mol. The molecule has 1 unspecified atom stereocenters. The minimum atomic E-state index is -4.43. The summed E-state index contributed by atoms with van der Waals surface area (Å²) < 4.78 is 49.1. The molecular formula is C52H60F3N11O4. The van der Waals surface area contributed by atoms with Crippen LogP contribution in [-0.4, -0.2) is 126 Å². The molecule has 3 atom stereocenters. The number of anilines is 1. The number of halogens is 3. The Morgan fingerprint density at radius 1 is 0.843 bits per heavy atom. The molecule has 0 spiro atoms. The molecule has 0 aliphatic carbocycles. The van der Waals surface area contributed by atoms with Crippen molar-refractivity contribution >= 4 is 45.6 Å². The summed E-state index contributed by atoms with van der Waals surface area (Å²) in [5.41, 5.74) is 13.4. The van der Waals surface area contributed by atoms with Crippen molar-refractivity contribution in [2.45, 2.75) is 82.2 Å². The van der Waals surface area contributed by atoms with Crippen molar-refractivity contribution in [1.82, 2.24) is 48.6 Å². The number of carbonyl (C=O) groups excluding carboxylic acids is 3. The van der Waals surface area contributed by atoms with Gasteiger partial charge in [0.05, 0.1) is 11.0 Å². The topological polar surface area (TPSA) is 160 Å². The summed E-state index contributed by atoms with van der Waals surface area (Å²) >= 11 is 0. The standard InChI is InChI=1S/C52H60F3N11O4/c1-32(43-27-40-39(14-19-57-48(40)60(43)2)38-9-12-46(56)58-28-38)63-22-17-36(18-23-63)35-5-7-37(8-6-35)50(69)64-20-15-33(16-21-64)30-65-25-24-62(31-45(65)52(53,54)55)29-34-4-10-41-44(26-34)61(3)51(70)66(41)42-11-13-47(67)59-49(42)68/h4-10,12,14,19,26-28,32-33,36,42,45H,11,13,15-18,20-25,29-31H2,1-3H3,(H2,56,58)(H,59,67,68)/t32-,42?,45+/m0/s1. The highest BCUT2D eigenvalue weighted by Gasteiger charge is 2.47. The number of nitrogens with zero attached hydrogens (tertiary/aromatic N) is 9. The number of aryl methyl sites for hydroxylation is 2. The van der Waals surface area contributed by atoms with Crippen LogP contribution in [0.25, 0.3) is 33.2 Å². The van der Waals surface area contributed by atoms with Gasteiger partial charge in [-0.25, -0.2) is 14.8 Å². The maximum absolute atomic E-state index is 14.7. The van der Waals surface area contributed by atoms with Gasteiger partial charge in [-0.2, -0.15) is 13.2 Å². The van der Waals surface area contributed by atoms with Crippen LogP contribution < -0.4 is 16.7 Å². The van der Waals surface area contributed by atoms with Crippen molar-refractivity contribution in [3.8, 4) is 11.1 Å². The second-order valence-corrected chi connectivity index (χ2v) is 19.8. The number of imidazole rings is 1. The van der Waals surface area contributed by atoms with Crippen LogP contribution in [0.2, 0.25) is 0 Å². The maximum atomic E-state index is 14.7. The number of amides is 3. The third-order valence-corrected chi connectivity index (χ3v) is 15.6. The molecule has 3 N–H and O–H groups in total. The molecule has 4 saturated heterocycles. The number of likely N-dealkylation sites (tertiary alicyclic amines) is 2. The van der Waals surface area contributed by atoms with Crippen LogP contribution in [0.15, 0.2) is 83.9 Å². The SMILES string of the molecule is C[C@@H](c1cc2c(-c3ccc(N)nc3)ccnc2n1C)N1CCC(c2ccc(C(=O)N3CCC(CN4CCN(Cc5ccc6c(c5)n(C)c(=O)n6C5CCC(=O)NC5=O)C[C@@H]4C(F)(F)F)CC3)cc2)CC1. The number of nitrogens with one attached hydrogen (secondary N) is 1. The lowest BCUT2D eigenvalue weighted by Crippen LogP contribution is -2.59. The molecule has 8 heterocycles. The predicted octanol–water partition coefficient (Wildman–Crippen LogP) is 6.39. The van der Waals surface area contributed by atoms with Crippen molar-refractivity contribution in [1.29, 1.82) is 0 Å². The van der Waals surface area contributed by atoms with E-state index in [0.29, 0.717) is 67.4 Å². The zero-order chi connectivity index (χ0) is 49.0. The van der Waals surface area contributed by atoms with E-state index < -0.39 is 29.9 Å². The van der Waals surface area contributed by atoms with Crippen LogP contribution in [-0.2, 0) is 30.2 Å². The van der Waals surface area contributed by atoms with Crippen LogP contribution in [0, 0.1) is 5.92 Å². The van der Waals surface area contributed by atoms with Gasteiger partial charge in [-0.05, 0) is 129 Å². The first-order valence-corrected chi connectivity index (χ1v) is 24.5. The lowest BCUT2D eigenvalue weighted by Gasteiger charge is -2.44. The van der Waals surface area contributed by atoms with Crippen molar-refractivity contribution in [3.63, 3.8) is 0 Å². The summed E-state index contributed by atoms with van der Waals surface area (Å²) in [6.07, 6.45) is 2.84. The Kier molecular flexibility index (Phi) is 12.9. The molecule has 0 radical (unpaired) electrons. The number of piperazine rings is 1. The monoisotopic (exact) mass is 959 g/mol. The second kappa shape index (κ2) is 19.1. The summed E-state index contributed by atoms with van der Waals surface area (Å²) in [4.78, 5) is 68.1. The Bertz CT molecular complexity index is 2980. The van der Waals surface area contributed by atoms with Gasteiger partial charge in [-0.3, -0.25) is 43.5 Å². The van der Waals surface area contributed by atoms with Crippen LogP contribution in [0.3, 0.4) is 0 Å². The summed E-state index contributed by atoms with van der Waals surface area (Å²) in [5.74, 6) is -0.0318. The number of nitrogens with two attached hydrogens (primary N) is 1. The summed E-state index contributed by atoms with van der Waals surface area (Å²) in [7, 11) is 3.68. The third kappa shape index (κ3) is 9.23. The van der Waals surface area contributed by atoms with Crippen LogP contribution in [0.4, 0.5) is 19.0 Å². The van der Waals surface area contributed by atoms with Gasteiger partial charge in [-0.15, -0.1) is 0 Å². The van der Waals surface area contributed by atoms with E-state index >= 15 is 0 Å². The fourth-order valence-electron chi connectivity index (χ4n) is 11.5. The van der Waals surface area contributed by atoms with Gasteiger partial charge < -0.3 is 15.2 Å². The summed E-state index contributed by atoms with van der Waals surface area (Å²) in [6.45, 7) is 6.25. The third-order valence-electron chi connectivity index (χ3n) is 15.6. The normalized spacial score (nSPS) is 21.2. The number of imide groups is 1. The molecule has 2 aromatic carbocycles. The molecule has 3 amide bonds. The predicted molar refractivity (Wildman–Crippen MR) is 261 cm³/mol. The number of hydrogen-bond acceptors (Lipinski definition) is 10. The van der Waals surface area contributed by atoms with Crippen LogP contribution >= 0.6 is 0 Å². The van der Waals surface area contributed by atoms with E-state index in [9.17, 15) is 32.3 Å². The van der Waals surface area contributed by atoms with E-state index in [1.807, 2.05) is 46.3 Å². The van der Waals surface area contributed by atoms with Crippen LogP contribution in [0.1, 0.15) is 90.6 Å². The number of aromatic nitrogens is 5. The van der Waals surface area contributed by atoms with Gasteiger partial charge in [0, 0.05) is 107 Å². The molecule has 0 saturated carbocycles. The van der Waals surface area contributed by atoms with Gasteiger partial charge >= 0.3 is 11.9 Å². The number of nitrogen functional groups attached to an aromatic ring is 1. The molecule has 4 aliphatic heterocycles. The Balaban J connectivity index is 0.705. The molecule has 70 heavy (non-hydrogen) atoms. The van der Waals surface area contributed by atoms with E-state index in [1.165, 1.54) is 20.4 Å². The first-order valence-electron chi connectivity index (χ1n) is 24.5. The Labute approximate surface area is 404 Å². The number of benzene rings is 2. The summed E-state index contributed by atoms with van der Waals surface area (Å²) in [5, 5.41) is 3.39. The molecule has 4 fully saturated rings. The maximum Gasteiger partial charge on any atom is 0.405 e. The van der Waals surface area contributed by atoms with Crippen LogP contribution in [0.5, 0.6) is 0 Å². The lowest BCUT2D eigenvalue weighted by atomic mass is 9.88. The van der Waals surface area contributed by atoms with Crippen molar-refractivity contribution < 1.29 is 27.6 Å². The van der Waals surface area contributed by atoms with E-state index in [0.717, 1.165) is 53.7 Å². The molecule has 0 bridgehead atoms. The molecule has 6 aromatic rings. The smallest absolute Gasteiger partial charge is 0.384 e. The zero-order valence-electron chi connectivity index (χ0n) is 39.9. The van der Waals surface area contributed by atoms with Crippen molar-refractivity contribution in [2.24, 2.45) is 20.0 Å². The first kappa shape index (κ1) is 47.3. The average Bonchev–Trinajstić information content (AvgIpc) is 3.82. The van der Waals surface area contributed by atoms with Gasteiger partial charge in [0.25, 0.3) is 5.91 Å². The minimum absolute atomic E-state index is 0.0375. The highest BCUT2D eigenvalue weighted by Crippen LogP contribution is 2.37. The molecule has 15 nitrogen and oxygen atoms in total. The molecular weight excluding hydrogens is 900 g/mol. The fraction of sp³-hybridized carbons (Fsp3) is 0.462. The highest BCUT2D eigenvalue weighted by atomic mass is 19.4. The lowest BCUT2D eigenvalue weighted by molar-refractivity contribution is -0.199. The fourth-order valence-corrected chi connectivity index (χ4v) is 11.5. The number of rotatable bonds is 10.